The van der Waals surface area contributed by atoms with Crippen LogP contribution in [0.25, 0.3) is 0 Å². The first-order valence-corrected chi connectivity index (χ1v) is 11.3. The molecule has 31 heavy (non-hydrogen) atoms. The molecule has 6 heteroatoms. The molecule has 1 atom stereocenters. The molecule has 0 aliphatic heterocycles. The zero-order valence-corrected chi connectivity index (χ0v) is 19.2. The third-order valence-electron chi connectivity index (χ3n) is 5.80. The average Bonchev–Trinajstić information content (AvgIpc) is 3.25. The third kappa shape index (κ3) is 6.47. The maximum absolute atomic E-state index is 13.1. The lowest BCUT2D eigenvalue weighted by atomic mass is 10.1. The maximum Gasteiger partial charge on any atom is 0.261 e. The van der Waals surface area contributed by atoms with Crippen LogP contribution in [-0.2, 0) is 16.1 Å². The number of carbonyl (C=O) groups is 2. The summed E-state index contributed by atoms with van der Waals surface area (Å²) < 4.78 is 5.73. The highest BCUT2D eigenvalue weighted by atomic mass is 35.5. The van der Waals surface area contributed by atoms with Gasteiger partial charge in [-0.2, -0.15) is 0 Å². The molecule has 0 spiro atoms. The molecule has 1 aliphatic rings. The lowest BCUT2D eigenvalue weighted by Crippen LogP contribution is -2.50. The molecule has 0 unspecified atom stereocenters. The van der Waals surface area contributed by atoms with Gasteiger partial charge in [-0.05, 0) is 62.9 Å². The molecule has 2 amide bonds. The molecule has 1 N–H and O–H groups in total. The van der Waals surface area contributed by atoms with Crippen molar-refractivity contribution in [3.8, 4) is 5.75 Å². The smallest absolute Gasteiger partial charge is 0.261 e. The van der Waals surface area contributed by atoms with Crippen LogP contribution in [0.1, 0.15) is 49.3 Å². The summed E-state index contributed by atoms with van der Waals surface area (Å²) in [6.45, 7) is 5.88. The van der Waals surface area contributed by atoms with E-state index in [4.69, 9.17) is 16.3 Å². The van der Waals surface area contributed by atoms with E-state index in [1.165, 1.54) is 0 Å². The largest absolute Gasteiger partial charge is 0.484 e. The van der Waals surface area contributed by atoms with Gasteiger partial charge in [0, 0.05) is 17.6 Å². The van der Waals surface area contributed by atoms with E-state index in [-0.39, 0.29) is 24.5 Å². The summed E-state index contributed by atoms with van der Waals surface area (Å²) in [5.74, 6) is 0.229. The minimum Gasteiger partial charge on any atom is -0.484 e. The molecule has 1 fully saturated rings. The number of amides is 2. The molecule has 0 bridgehead atoms. The topological polar surface area (TPSA) is 58.6 Å². The second-order valence-electron chi connectivity index (χ2n) is 8.38. The zero-order chi connectivity index (χ0) is 22.4. The standard InChI is InChI=1S/C25H31ClN2O3/c1-17-7-6-8-20(13-17)15-28(19(3)25(30)27-21-9-4-5-10-21)24(29)16-31-22-11-12-23(26)18(2)14-22/h6-8,11-14,19,21H,4-5,9-10,15-16H2,1-3H3,(H,27,30)/t19-/m0/s1. The van der Waals surface area contributed by atoms with Crippen LogP contribution in [0.2, 0.25) is 5.02 Å². The van der Waals surface area contributed by atoms with Crippen molar-refractivity contribution in [2.45, 2.75) is 65.1 Å². The number of rotatable bonds is 8. The number of aryl methyl sites for hydroxylation is 2. The lowest BCUT2D eigenvalue weighted by molar-refractivity contribution is -0.142. The summed E-state index contributed by atoms with van der Waals surface area (Å²) in [5.41, 5.74) is 2.98. The van der Waals surface area contributed by atoms with Crippen LogP contribution in [0, 0.1) is 13.8 Å². The molecule has 0 aromatic heterocycles. The minimum absolute atomic E-state index is 0.116. The Hall–Kier alpha value is -2.53. The van der Waals surface area contributed by atoms with E-state index < -0.39 is 6.04 Å². The molecule has 2 aromatic rings. The van der Waals surface area contributed by atoms with Crippen molar-refractivity contribution in [2.24, 2.45) is 0 Å². The first-order chi connectivity index (χ1) is 14.8. The number of hydrogen-bond acceptors (Lipinski definition) is 3. The number of ether oxygens (including phenoxy) is 1. The van der Waals surface area contributed by atoms with Crippen LogP contribution in [0.15, 0.2) is 42.5 Å². The van der Waals surface area contributed by atoms with E-state index in [2.05, 4.69) is 5.32 Å². The second kappa shape index (κ2) is 10.7. The first-order valence-electron chi connectivity index (χ1n) is 10.9. The molecule has 3 rings (SSSR count). The average molecular weight is 443 g/mol. The Morgan fingerprint density at radius 3 is 2.58 bits per heavy atom. The molecule has 1 aliphatic carbocycles. The lowest BCUT2D eigenvalue weighted by Gasteiger charge is -2.29. The maximum atomic E-state index is 13.1. The van der Waals surface area contributed by atoms with Crippen LogP contribution in [0.4, 0.5) is 0 Å². The van der Waals surface area contributed by atoms with Crippen LogP contribution < -0.4 is 10.1 Å². The second-order valence-corrected chi connectivity index (χ2v) is 8.78. The van der Waals surface area contributed by atoms with Crippen LogP contribution in [0.3, 0.4) is 0 Å². The molecule has 1 saturated carbocycles. The summed E-state index contributed by atoms with van der Waals surface area (Å²) >= 11 is 6.07. The molecule has 2 aromatic carbocycles. The normalized spacial score (nSPS) is 14.8. The van der Waals surface area contributed by atoms with E-state index in [1.54, 1.807) is 30.0 Å². The summed E-state index contributed by atoms with van der Waals surface area (Å²) in [5, 5.41) is 3.76. The monoisotopic (exact) mass is 442 g/mol. The van der Waals surface area contributed by atoms with E-state index in [1.807, 2.05) is 38.1 Å². The van der Waals surface area contributed by atoms with Gasteiger partial charge in [-0.25, -0.2) is 0 Å². The SMILES string of the molecule is Cc1cccc(CN(C(=O)COc2ccc(Cl)c(C)c2)[C@@H](C)C(=O)NC2CCCC2)c1. The summed E-state index contributed by atoms with van der Waals surface area (Å²) in [4.78, 5) is 27.6. The van der Waals surface area contributed by atoms with Crippen molar-refractivity contribution in [3.63, 3.8) is 0 Å². The minimum atomic E-state index is -0.593. The Morgan fingerprint density at radius 2 is 1.90 bits per heavy atom. The molecule has 0 radical (unpaired) electrons. The van der Waals surface area contributed by atoms with Gasteiger partial charge in [0.2, 0.25) is 5.91 Å². The highest BCUT2D eigenvalue weighted by molar-refractivity contribution is 6.31. The Morgan fingerprint density at radius 1 is 1.16 bits per heavy atom. The van der Waals surface area contributed by atoms with Crippen molar-refractivity contribution in [2.75, 3.05) is 6.61 Å². The molecule has 5 nitrogen and oxygen atoms in total. The number of hydrogen-bond donors (Lipinski definition) is 1. The van der Waals surface area contributed by atoms with Crippen molar-refractivity contribution in [1.29, 1.82) is 0 Å². The van der Waals surface area contributed by atoms with Crippen molar-refractivity contribution in [1.82, 2.24) is 10.2 Å². The highest BCUT2D eigenvalue weighted by Crippen LogP contribution is 2.22. The Bertz CT molecular complexity index is 925. The third-order valence-corrected chi connectivity index (χ3v) is 6.22. The molecule has 0 saturated heterocycles. The zero-order valence-electron chi connectivity index (χ0n) is 18.5. The summed E-state index contributed by atoms with van der Waals surface area (Å²) in [7, 11) is 0. The molecular weight excluding hydrogens is 412 g/mol. The highest BCUT2D eigenvalue weighted by Gasteiger charge is 2.28. The van der Waals surface area contributed by atoms with Gasteiger partial charge in [0.1, 0.15) is 11.8 Å². The van der Waals surface area contributed by atoms with Crippen molar-refractivity contribution < 1.29 is 14.3 Å². The van der Waals surface area contributed by atoms with Gasteiger partial charge < -0.3 is 15.0 Å². The Kier molecular flexibility index (Phi) is 7.97. The van der Waals surface area contributed by atoms with Gasteiger partial charge in [-0.3, -0.25) is 9.59 Å². The van der Waals surface area contributed by atoms with Gasteiger partial charge in [-0.1, -0.05) is 54.3 Å². The number of nitrogens with zero attached hydrogens (tertiary/aromatic N) is 1. The quantitative estimate of drug-likeness (QED) is 0.638. The van der Waals surface area contributed by atoms with Gasteiger partial charge >= 0.3 is 0 Å². The van der Waals surface area contributed by atoms with Gasteiger partial charge in [0.25, 0.3) is 5.91 Å². The number of halogens is 1. The Labute approximate surface area is 189 Å². The summed E-state index contributed by atoms with van der Waals surface area (Å²) in [6, 6.07) is 12.9. The Balaban J connectivity index is 1.72. The fourth-order valence-electron chi connectivity index (χ4n) is 3.92. The van der Waals surface area contributed by atoms with Gasteiger partial charge in [0.05, 0.1) is 0 Å². The molecule has 166 valence electrons. The van der Waals surface area contributed by atoms with E-state index in [9.17, 15) is 9.59 Å². The first kappa shape index (κ1) is 23.1. The van der Waals surface area contributed by atoms with E-state index in [0.717, 1.165) is 42.4 Å². The van der Waals surface area contributed by atoms with Gasteiger partial charge in [0.15, 0.2) is 6.61 Å². The fourth-order valence-corrected chi connectivity index (χ4v) is 4.03. The van der Waals surface area contributed by atoms with Crippen LogP contribution in [0.5, 0.6) is 5.75 Å². The predicted molar refractivity (Wildman–Crippen MR) is 123 cm³/mol. The van der Waals surface area contributed by atoms with E-state index >= 15 is 0 Å². The van der Waals surface area contributed by atoms with Gasteiger partial charge in [-0.15, -0.1) is 0 Å². The van der Waals surface area contributed by atoms with Crippen molar-refractivity contribution >= 4 is 23.4 Å². The van der Waals surface area contributed by atoms with E-state index in [0.29, 0.717) is 17.3 Å². The number of nitrogens with one attached hydrogen (secondary N) is 1. The number of benzene rings is 2. The van der Waals surface area contributed by atoms with Crippen molar-refractivity contribution in [3.05, 3.63) is 64.2 Å². The predicted octanol–water partition coefficient (Wildman–Crippen LogP) is 4.81. The van der Waals surface area contributed by atoms with Crippen LogP contribution >= 0.6 is 11.6 Å². The van der Waals surface area contributed by atoms with Crippen LogP contribution in [-0.4, -0.2) is 35.4 Å². The molecule has 0 heterocycles. The number of carbonyl (C=O) groups excluding carboxylic acids is 2. The molecular formula is C25H31ClN2O3. The summed E-state index contributed by atoms with van der Waals surface area (Å²) in [6.07, 6.45) is 4.28. The fraction of sp³-hybridized carbons (Fsp3) is 0.440.